The van der Waals surface area contributed by atoms with Crippen LogP contribution in [0.5, 0.6) is 11.5 Å². The summed E-state index contributed by atoms with van der Waals surface area (Å²) in [5, 5.41) is 3.84. The van der Waals surface area contributed by atoms with Gasteiger partial charge in [0.25, 0.3) is 0 Å². The Morgan fingerprint density at radius 2 is 1.60 bits per heavy atom. The Bertz CT molecular complexity index is 961. The number of piperidine rings is 1. The first kappa shape index (κ1) is 19.2. The van der Waals surface area contributed by atoms with Crippen molar-refractivity contribution in [2.24, 2.45) is 0 Å². The average Bonchev–Trinajstić information content (AvgIpc) is 3.27. The molecule has 4 nitrogen and oxygen atoms in total. The summed E-state index contributed by atoms with van der Waals surface area (Å²) in [5.41, 5.74) is 4.03. The van der Waals surface area contributed by atoms with Gasteiger partial charge < -0.3 is 14.8 Å². The number of ether oxygens (including phenoxy) is 2. The number of benzene rings is 3. The molecule has 0 radical (unpaired) electrons. The van der Waals surface area contributed by atoms with Gasteiger partial charge in [-0.3, -0.25) is 4.90 Å². The lowest BCUT2D eigenvalue weighted by Crippen LogP contribution is -2.47. The molecule has 3 aromatic rings. The van der Waals surface area contributed by atoms with E-state index in [-0.39, 0.29) is 0 Å². The van der Waals surface area contributed by atoms with Crippen LogP contribution in [0.3, 0.4) is 0 Å². The van der Waals surface area contributed by atoms with Gasteiger partial charge in [-0.1, -0.05) is 66.7 Å². The number of hydrogen-bond donors (Lipinski definition) is 1. The second-order valence-corrected chi connectivity index (χ2v) is 8.20. The first-order valence-electron chi connectivity index (χ1n) is 10.8. The van der Waals surface area contributed by atoms with Crippen molar-refractivity contribution in [2.75, 3.05) is 19.9 Å². The molecule has 2 aliphatic heterocycles. The summed E-state index contributed by atoms with van der Waals surface area (Å²) in [7, 11) is 0. The maximum absolute atomic E-state index is 5.54. The molecule has 1 N–H and O–H groups in total. The molecular weight excluding hydrogens is 372 g/mol. The number of nitrogens with one attached hydrogen (secondary N) is 1. The molecule has 5 rings (SSSR count). The Balaban J connectivity index is 1.28. The zero-order chi connectivity index (χ0) is 20.2. The van der Waals surface area contributed by atoms with E-state index in [4.69, 9.17) is 9.47 Å². The molecule has 0 saturated carbocycles. The Labute approximate surface area is 178 Å². The minimum Gasteiger partial charge on any atom is -0.454 e. The highest BCUT2D eigenvalue weighted by Crippen LogP contribution is 2.33. The van der Waals surface area contributed by atoms with Gasteiger partial charge in [-0.15, -0.1) is 0 Å². The van der Waals surface area contributed by atoms with Crippen LogP contribution in [0.25, 0.3) is 0 Å². The van der Waals surface area contributed by atoms with Crippen molar-refractivity contribution in [3.8, 4) is 11.5 Å². The number of nitrogens with zero attached hydrogens (tertiary/aromatic N) is 1. The van der Waals surface area contributed by atoms with Gasteiger partial charge in [0.1, 0.15) is 0 Å². The maximum Gasteiger partial charge on any atom is 0.231 e. The van der Waals surface area contributed by atoms with Crippen LogP contribution in [0.1, 0.15) is 29.0 Å². The van der Waals surface area contributed by atoms with Gasteiger partial charge in [0.2, 0.25) is 6.79 Å². The lowest BCUT2D eigenvalue weighted by Gasteiger charge is -2.39. The van der Waals surface area contributed by atoms with Crippen LogP contribution in [0.15, 0.2) is 78.9 Å². The van der Waals surface area contributed by atoms with Crippen molar-refractivity contribution in [1.82, 2.24) is 10.2 Å². The van der Waals surface area contributed by atoms with Gasteiger partial charge in [0, 0.05) is 38.1 Å². The number of fused-ring (bicyclic) bond motifs is 1. The van der Waals surface area contributed by atoms with E-state index in [0.29, 0.717) is 18.8 Å². The SMILES string of the molecule is c1ccc(CN2CC[C@@H](NCc3ccc4c(c3)OCO4)[C@@H](c3ccccc3)C2)cc1. The lowest BCUT2D eigenvalue weighted by atomic mass is 9.85. The van der Waals surface area contributed by atoms with Crippen molar-refractivity contribution in [3.05, 3.63) is 95.6 Å². The fourth-order valence-electron chi connectivity index (χ4n) is 4.59. The van der Waals surface area contributed by atoms with Gasteiger partial charge in [-0.05, 0) is 35.2 Å². The molecule has 2 aliphatic rings. The molecule has 0 aliphatic carbocycles. The molecule has 30 heavy (non-hydrogen) atoms. The summed E-state index contributed by atoms with van der Waals surface area (Å²) in [5.74, 6) is 2.17. The minimum absolute atomic E-state index is 0.322. The van der Waals surface area contributed by atoms with E-state index >= 15 is 0 Å². The van der Waals surface area contributed by atoms with Crippen LogP contribution in [0.4, 0.5) is 0 Å². The molecule has 0 spiro atoms. The topological polar surface area (TPSA) is 33.7 Å². The first-order valence-corrected chi connectivity index (χ1v) is 10.8. The van der Waals surface area contributed by atoms with E-state index in [1.165, 1.54) is 16.7 Å². The molecule has 1 saturated heterocycles. The third kappa shape index (κ3) is 4.35. The predicted octanol–water partition coefficient (Wildman–Crippen LogP) is 4.56. The van der Waals surface area contributed by atoms with Crippen LogP contribution >= 0.6 is 0 Å². The maximum atomic E-state index is 5.54. The summed E-state index contributed by atoms with van der Waals surface area (Å²) >= 11 is 0. The van der Waals surface area contributed by atoms with Crippen LogP contribution < -0.4 is 14.8 Å². The molecule has 0 bridgehead atoms. The van der Waals surface area contributed by atoms with Crippen molar-refractivity contribution in [3.63, 3.8) is 0 Å². The van der Waals surface area contributed by atoms with Crippen molar-refractivity contribution >= 4 is 0 Å². The molecule has 0 amide bonds. The highest BCUT2D eigenvalue weighted by molar-refractivity contribution is 5.44. The van der Waals surface area contributed by atoms with Crippen LogP contribution in [0.2, 0.25) is 0 Å². The highest BCUT2D eigenvalue weighted by Gasteiger charge is 2.30. The Hall–Kier alpha value is -2.82. The minimum atomic E-state index is 0.322. The monoisotopic (exact) mass is 400 g/mol. The molecule has 2 heterocycles. The fraction of sp³-hybridized carbons (Fsp3) is 0.308. The van der Waals surface area contributed by atoms with E-state index in [9.17, 15) is 0 Å². The van der Waals surface area contributed by atoms with Crippen molar-refractivity contribution < 1.29 is 9.47 Å². The highest BCUT2D eigenvalue weighted by atomic mass is 16.7. The van der Waals surface area contributed by atoms with E-state index in [1.807, 2.05) is 6.07 Å². The molecule has 1 fully saturated rings. The summed E-state index contributed by atoms with van der Waals surface area (Å²) in [6.45, 7) is 4.35. The van der Waals surface area contributed by atoms with Crippen LogP contribution in [-0.4, -0.2) is 30.8 Å². The Morgan fingerprint density at radius 3 is 2.43 bits per heavy atom. The van der Waals surface area contributed by atoms with E-state index in [0.717, 1.165) is 44.1 Å². The number of likely N-dealkylation sites (tertiary alicyclic amines) is 1. The molecule has 0 aromatic heterocycles. The smallest absolute Gasteiger partial charge is 0.231 e. The van der Waals surface area contributed by atoms with Gasteiger partial charge in [0.15, 0.2) is 11.5 Å². The zero-order valence-corrected chi connectivity index (χ0v) is 17.2. The van der Waals surface area contributed by atoms with Crippen molar-refractivity contribution in [1.29, 1.82) is 0 Å². The molecule has 3 aromatic carbocycles. The quantitative estimate of drug-likeness (QED) is 0.658. The van der Waals surface area contributed by atoms with Gasteiger partial charge in [-0.2, -0.15) is 0 Å². The van der Waals surface area contributed by atoms with Gasteiger partial charge >= 0.3 is 0 Å². The number of hydrogen-bond acceptors (Lipinski definition) is 4. The van der Waals surface area contributed by atoms with Gasteiger partial charge in [0.05, 0.1) is 0 Å². The molecule has 0 unspecified atom stereocenters. The zero-order valence-electron chi connectivity index (χ0n) is 17.2. The fourth-order valence-corrected chi connectivity index (χ4v) is 4.59. The molecule has 4 heteroatoms. The standard InChI is InChI=1S/C26H28N2O2/c1-3-7-20(8-4-1)17-28-14-13-24(23(18-28)22-9-5-2-6-10-22)27-16-21-11-12-25-26(15-21)30-19-29-25/h1-12,15,23-24,27H,13-14,16-19H2/t23-,24-/m1/s1. The second kappa shape index (κ2) is 8.90. The van der Waals surface area contributed by atoms with E-state index in [2.05, 4.69) is 83.0 Å². The first-order chi connectivity index (χ1) is 14.8. The van der Waals surface area contributed by atoms with Crippen LogP contribution in [0, 0.1) is 0 Å². The third-order valence-electron chi connectivity index (χ3n) is 6.18. The van der Waals surface area contributed by atoms with Gasteiger partial charge in [-0.25, -0.2) is 0 Å². The third-order valence-corrected chi connectivity index (χ3v) is 6.18. The Kier molecular flexibility index (Phi) is 5.69. The normalized spacial score (nSPS) is 20.9. The summed E-state index contributed by atoms with van der Waals surface area (Å²) in [6.07, 6.45) is 1.14. The molecule has 154 valence electrons. The summed E-state index contributed by atoms with van der Waals surface area (Å²) < 4.78 is 11.0. The second-order valence-electron chi connectivity index (χ2n) is 8.20. The van der Waals surface area contributed by atoms with Crippen LogP contribution in [-0.2, 0) is 13.1 Å². The Morgan fingerprint density at radius 1 is 0.833 bits per heavy atom. The van der Waals surface area contributed by atoms with E-state index < -0.39 is 0 Å². The molecule has 2 atom stereocenters. The van der Waals surface area contributed by atoms with E-state index in [1.54, 1.807) is 0 Å². The van der Waals surface area contributed by atoms with Crippen molar-refractivity contribution in [2.45, 2.75) is 31.5 Å². The molecular formula is C26H28N2O2. The largest absolute Gasteiger partial charge is 0.454 e. The summed E-state index contributed by atoms with van der Waals surface area (Å²) in [4.78, 5) is 2.59. The average molecular weight is 401 g/mol. The lowest BCUT2D eigenvalue weighted by molar-refractivity contribution is 0.166. The number of rotatable bonds is 6. The predicted molar refractivity (Wildman–Crippen MR) is 119 cm³/mol. The summed E-state index contributed by atoms with van der Waals surface area (Å²) in [6, 6.07) is 28.4.